The Balaban J connectivity index is 2.56. The van der Waals surface area contributed by atoms with Crippen LogP contribution in [0.4, 0.5) is 0 Å². The molecule has 0 saturated carbocycles. The molecule has 1 heterocycles. The lowest BCUT2D eigenvalue weighted by molar-refractivity contribution is 0.102. The summed E-state index contributed by atoms with van der Waals surface area (Å²) in [4.78, 5) is 4.24. The van der Waals surface area contributed by atoms with Crippen LogP contribution in [0.1, 0.15) is 26.1 Å². The zero-order valence-electron chi connectivity index (χ0n) is 9.98. The van der Waals surface area contributed by atoms with Gasteiger partial charge in [0.2, 0.25) is 0 Å². The molecular formula is C11H21N3O2. The number of aromatic nitrogens is 2. The standard InChI is InChI=1S/C11H21N3O2/c1-3-5-14-6-4-12-10(14)7-13-11(2,8-15)9-16/h4,6,13,15-16H,3,5,7-9H2,1-2H3. The van der Waals surface area contributed by atoms with Crippen molar-refractivity contribution in [3.05, 3.63) is 18.2 Å². The summed E-state index contributed by atoms with van der Waals surface area (Å²) in [6.07, 6.45) is 4.76. The summed E-state index contributed by atoms with van der Waals surface area (Å²) in [7, 11) is 0. The van der Waals surface area contributed by atoms with Crippen molar-refractivity contribution in [3.8, 4) is 0 Å². The Morgan fingerprint density at radius 3 is 2.69 bits per heavy atom. The number of aliphatic hydroxyl groups is 2. The van der Waals surface area contributed by atoms with Crippen molar-refractivity contribution >= 4 is 0 Å². The first-order chi connectivity index (χ1) is 7.65. The van der Waals surface area contributed by atoms with Crippen LogP contribution in [0.15, 0.2) is 12.4 Å². The summed E-state index contributed by atoms with van der Waals surface area (Å²) in [5, 5.41) is 21.4. The second-order valence-corrected chi connectivity index (χ2v) is 4.27. The Morgan fingerprint density at radius 1 is 1.44 bits per heavy atom. The molecule has 0 fully saturated rings. The smallest absolute Gasteiger partial charge is 0.122 e. The van der Waals surface area contributed by atoms with Crippen molar-refractivity contribution in [2.24, 2.45) is 0 Å². The van der Waals surface area contributed by atoms with Crippen LogP contribution in [-0.2, 0) is 13.1 Å². The van der Waals surface area contributed by atoms with E-state index < -0.39 is 5.54 Å². The van der Waals surface area contributed by atoms with Gasteiger partial charge in [0.25, 0.3) is 0 Å². The van der Waals surface area contributed by atoms with Gasteiger partial charge in [0.1, 0.15) is 5.82 Å². The number of nitrogens with one attached hydrogen (secondary N) is 1. The Labute approximate surface area is 96.1 Å². The Morgan fingerprint density at radius 2 is 2.12 bits per heavy atom. The van der Waals surface area contributed by atoms with Crippen molar-refractivity contribution in [1.29, 1.82) is 0 Å². The SMILES string of the molecule is CCCn1ccnc1CNC(C)(CO)CO. The van der Waals surface area contributed by atoms with E-state index >= 15 is 0 Å². The van der Waals surface area contributed by atoms with Crippen LogP contribution in [0.3, 0.4) is 0 Å². The van der Waals surface area contributed by atoms with Crippen LogP contribution >= 0.6 is 0 Å². The molecule has 3 N–H and O–H groups in total. The fourth-order valence-electron chi connectivity index (χ4n) is 1.41. The van der Waals surface area contributed by atoms with E-state index in [0.717, 1.165) is 18.8 Å². The van der Waals surface area contributed by atoms with Gasteiger partial charge in [-0.05, 0) is 13.3 Å². The zero-order chi connectivity index (χ0) is 12.0. The van der Waals surface area contributed by atoms with Crippen molar-refractivity contribution in [3.63, 3.8) is 0 Å². The first-order valence-corrected chi connectivity index (χ1v) is 5.62. The minimum atomic E-state index is -0.650. The highest BCUT2D eigenvalue weighted by molar-refractivity contribution is 4.94. The topological polar surface area (TPSA) is 70.3 Å². The highest BCUT2D eigenvalue weighted by Gasteiger charge is 2.21. The molecular weight excluding hydrogens is 206 g/mol. The number of aryl methyl sites for hydroxylation is 1. The van der Waals surface area contributed by atoms with Crippen molar-refractivity contribution in [2.75, 3.05) is 13.2 Å². The number of rotatable bonds is 7. The Bertz CT molecular complexity index is 308. The molecule has 16 heavy (non-hydrogen) atoms. The molecule has 1 rings (SSSR count). The van der Waals surface area contributed by atoms with Gasteiger partial charge in [0, 0.05) is 18.9 Å². The average Bonchev–Trinajstić information content (AvgIpc) is 2.74. The van der Waals surface area contributed by atoms with Gasteiger partial charge in [-0.1, -0.05) is 6.92 Å². The molecule has 0 aliphatic heterocycles. The predicted molar refractivity (Wildman–Crippen MR) is 61.9 cm³/mol. The third-order valence-electron chi connectivity index (χ3n) is 2.64. The predicted octanol–water partition coefficient (Wildman–Crippen LogP) is 0.126. The minimum Gasteiger partial charge on any atom is -0.394 e. The van der Waals surface area contributed by atoms with Gasteiger partial charge in [-0.3, -0.25) is 0 Å². The molecule has 0 unspecified atom stereocenters. The largest absolute Gasteiger partial charge is 0.394 e. The van der Waals surface area contributed by atoms with Crippen LogP contribution in [0.2, 0.25) is 0 Å². The molecule has 1 aromatic heterocycles. The quantitative estimate of drug-likeness (QED) is 0.619. The van der Waals surface area contributed by atoms with Crippen LogP contribution in [-0.4, -0.2) is 38.5 Å². The molecule has 0 aliphatic rings. The summed E-state index contributed by atoms with van der Waals surface area (Å²) < 4.78 is 2.07. The third-order valence-corrected chi connectivity index (χ3v) is 2.64. The number of hydrogen-bond donors (Lipinski definition) is 3. The van der Waals surface area contributed by atoms with Gasteiger partial charge in [0.15, 0.2) is 0 Å². The Kier molecular flexibility index (Phi) is 4.92. The van der Waals surface area contributed by atoms with Crippen LogP contribution < -0.4 is 5.32 Å². The summed E-state index contributed by atoms with van der Waals surface area (Å²) in [5.74, 6) is 0.926. The van der Waals surface area contributed by atoms with E-state index in [2.05, 4.69) is 21.8 Å². The molecule has 0 atom stereocenters. The molecule has 92 valence electrons. The summed E-state index contributed by atoms with van der Waals surface area (Å²) >= 11 is 0. The first-order valence-electron chi connectivity index (χ1n) is 5.62. The second-order valence-electron chi connectivity index (χ2n) is 4.27. The molecule has 5 nitrogen and oxygen atoms in total. The zero-order valence-corrected chi connectivity index (χ0v) is 9.98. The second kappa shape index (κ2) is 5.98. The van der Waals surface area contributed by atoms with E-state index in [0.29, 0.717) is 6.54 Å². The fourth-order valence-corrected chi connectivity index (χ4v) is 1.41. The van der Waals surface area contributed by atoms with Crippen molar-refractivity contribution in [1.82, 2.24) is 14.9 Å². The first kappa shape index (κ1) is 13.2. The van der Waals surface area contributed by atoms with Gasteiger partial charge in [-0.2, -0.15) is 0 Å². The van der Waals surface area contributed by atoms with Gasteiger partial charge in [-0.15, -0.1) is 0 Å². The van der Waals surface area contributed by atoms with Gasteiger partial charge in [0.05, 0.1) is 25.3 Å². The molecule has 0 spiro atoms. The van der Waals surface area contributed by atoms with Gasteiger partial charge >= 0.3 is 0 Å². The van der Waals surface area contributed by atoms with E-state index in [-0.39, 0.29) is 13.2 Å². The lowest BCUT2D eigenvalue weighted by Crippen LogP contribution is -2.48. The highest BCUT2D eigenvalue weighted by Crippen LogP contribution is 2.04. The highest BCUT2D eigenvalue weighted by atomic mass is 16.3. The van der Waals surface area contributed by atoms with E-state index in [1.807, 2.05) is 6.20 Å². The summed E-state index contributed by atoms with van der Waals surface area (Å²) in [5.41, 5.74) is -0.650. The molecule has 0 bridgehead atoms. The van der Waals surface area contributed by atoms with E-state index in [1.165, 1.54) is 0 Å². The van der Waals surface area contributed by atoms with Crippen LogP contribution in [0.25, 0.3) is 0 Å². The Hall–Kier alpha value is -0.910. The minimum absolute atomic E-state index is 0.0992. The molecule has 1 aromatic rings. The molecule has 0 aliphatic carbocycles. The van der Waals surface area contributed by atoms with Crippen LogP contribution in [0, 0.1) is 0 Å². The normalized spacial score (nSPS) is 12.0. The van der Waals surface area contributed by atoms with E-state index in [1.54, 1.807) is 13.1 Å². The monoisotopic (exact) mass is 227 g/mol. The average molecular weight is 227 g/mol. The fraction of sp³-hybridized carbons (Fsp3) is 0.727. The summed E-state index contributed by atoms with van der Waals surface area (Å²) in [6.45, 7) is 5.18. The van der Waals surface area contributed by atoms with Crippen molar-refractivity contribution in [2.45, 2.75) is 38.9 Å². The molecule has 0 saturated heterocycles. The number of aliphatic hydroxyl groups excluding tert-OH is 2. The van der Waals surface area contributed by atoms with Crippen molar-refractivity contribution < 1.29 is 10.2 Å². The molecule has 0 amide bonds. The lowest BCUT2D eigenvalue weighted by atomic mass is 10.1. The lowest BCUT2D eigenvalue weighted by Gasteiger charge is -2.26. The number of imidazole rings is 1. The van der Waals surface area contributed by atoms with Gasteiger partial charge in [-0.25, -0.2) is 4.98 Å². The van der Waals surface area contributed by atoms with E-state index in [4.69, 9.17) is 10.2 Å². The van der Waals surface area contributed by atoms with Gasteiger partial charge < -0.3 is 20.1 Å². The maximum absolute atomic E-state index is 9.14. The van der Waals surface area contributed by atoms with Crippen LogP contribution in [0.5, 0.6) is 0 Å². The summed E-state index contributed by atoms with van der Waals surface area (Å²) in [6, 6.07) is 0. The van der Waals surface area contributed by atoms with E-state index in [9.17, 15) is 0 Å². The third kappa shape index (κ3) is 3.30. The molecule has 0 aromatic carbocycles. The molecule has 0 radical (unpaired) electrons. The maximum atomic E-state index is 9.14. The maximum Gasteiger partial charge on any atom is 0.122 e. The molecule has 5 heteroatoms. The number of nitrogens with zero attached hydrogens (tertiary/aromatic N) is 2. The number of hydrogen-bond acceptors (Lipinski definition) is 4.